The number of hydrogen-bond donors (Lipinski definition) is 1. The Morgan fingerprint density at radius 2 is 1.68 bits per heavy atom. The first-order chi connectivity index (χ1) is 14.8. The molecular formula is C25H25BrN2O3. The zero-order chi connectivity index (χ0) is 21.9. The van der Waals surface area contributed by atoms with Crippen molar-refractivity contribution in [1.29, 1.82) is 0 Å². The third-order valence-corrected chi connectivity index (χ3v) is 8.61. The molecule has 5 nitrogen and oxygen atoms in total. The third-order valence-electron chi connectivity index (χ3n) is 7.36. The minimum absolute atomic E-state index is 0.160. The predicted octanol–water partition coefficient (Wildman–Crippen LogP) is 4.43. The summed E-state index contributed by atoms with van der Waals surface area (Å²) in [4.78, 5) is 40.2. The standard InChI is InChI=1S/C25H25BrN2O3/c1-13-8-17(9-14(2)23(13)26)27-20(29)12-28-24(30)21-16-10-18(15-6-4-3-5-7-15)19(11-16)22(21)25(28)31/h3-9,16,18-19,21-22H,10-12H2,1-2H3,(H,27,29)/t16-,18+,19+,21+,22-/m0/s1. The molecule has 1 heterocycles. The van der Waals surface area contributed by atoms with Gasteiger partial charge in [-0.25, -0.2) is 0 Å². The molecule has 5 atom stereocenters. The van der Waals surface area contributed by atoms with E-state index in [1.54, 1.807) is 0 Å². The third kappa shape index (κ3) is 3.32. The summed E-state index contributed by atoms with van der Waals surface area (Å²) >= 11 is 3.52. The molecule has 160 valence electrons. The second-order valence-corrected chi connectivity index (χ2v) is 9.99. The summed E-state index contributed by atoms with van der Waals surface area (Å²) in [6.07, 6.45) is 1.89. The van der Waals surface area contributed by atoms with E-state index >= 15 is 0 Å². The van der Waals surface area contributed by atoms with Gasteiger partial charge in [0.1, 0.15) is 6.54 Å². The van der Waals surface area contributed by atoms with Crippen LogP contribution < -0.4 is 5.32 Å². The van der Waals surface area contributed by atoms with Crippen LogP contribution in [0.4, 0.5) is 5.69 Å². The lowest BCUT2D eigenvalue weighted by Gasteiger charge is -2.28. The summed E-state index contributed by atoms with van der Waals surface area (Å²) in [5.41, 5.74) is 3.96. The summed E-state index contributed by atoms with van der Waals surface area (Å²) in [5, 5.41) is 2.85. The van der Waals surface area contributed by atoms with Gasteiger partial charge < -0.3 is 5.32 Å². The van der Waals surface area contributed by atoms with Gasteiger partial charge in [0.25, 0.3) is 0 Å². The van der Waals surface area contributed by atoms with Crippen molar-refractivity contribution < 1.29 is 14.4 Å². The van der Waals surface area contributed by atoms with Crippen molar-refractivity contribution in [3.05, 3.63) is 63.6 Å². The molecule has 2 aromatic carbocycles. The van der Waals surface area contributed by atoms with E-state index in [9.17, 15) is 14.4 Å². The number of halogens is 1. The number of rotatable bonds is 4. The van der Waals surface area contributed by atoms with Gasteiger partial charge in [0.15, 0.2) is 0 Å². The lowest BCUT2D eigenvalue weighted by Crippen LogP contribution is -2.39. The number of fused-ring (bicyclic) bond motifs is 5. The Labute approximate surface area is 190 Å². The van der Waals surface area contributed by atoms with Crippen LogP contribution in [0.15, 0.2) is 46.9 Å². The molecule has 31 heavy (non-hydrogen) atoms. The lowest BCUT2D eigenvalue weighted by molar-refractivity contribution is -0.143. The number of likely N-dealkylation sites (tertiary alicyclic amines) is 1. The van der Waals surface area contributed by atoms with Gasteiger partial charge in [-0.3, -0.25) is 19.3 Å². The number of nitrogens with zero attached hydrogens (tertiary/aromatic N) is 1. The fourth-order valence-corrected chi connectivity index (χ4v) is 6.35. The van der Waals surface area contributed by atoms with Gasteiger partial charge >= 0.3 is 0 Å². The highest BCUT2D eigenvalue weighted by atomic mass is 79.9. The van der Waals surface area contributed by atoms with E-state index in [1.807, 2.05) is 44.2 Å². The monoisotopic (exact) mass is 480 g/mol. The molecule has 2 aromatic rings. The molecule has 2 aliphatic carbocycles. The zero-order valence-electron chi connectivity index (χ0n) is 17.6. The van der Waals surface area contributed by atoms with Crippen LogP contribution in [-0.4, -0.2) is 29.2 Å². The number of benzene rings is 2. The van der Waals surface area contributed by atoms with Gasteiger partial charge in [-0.1, -0.05) is 46.3 Å². The summed E-state index contributed by atoms with van der Waals surface area (Å²) in [6, 6.07) is 14.1. The average Bonchev–Trinajstić information content (AvgIpc) is 3.40. The Bertz CT molecular complexity index is 1060. The smallest absolute Gasteiger partial charge is 0.244 e. The number of hydrogen-bond acceptors (Lipinski definition) is 3. The van der Waals surface area contributed by atoms with Crippen molar-refractivity contribution in [3.8, 4) is 0 Å². The van der Waals surface area contributed by atoms with Crippen LogP contribution in [0.3, 0.4) is 0 Å². The predicted molar refractivity (Wildman–Crippen MR) is 121 cm³/mol. The minimum Gasteiger partial charge on any atom is -0.325 e. The Hall–Kier alpha value is -2.47. The molecule has 1 N–H and O–H groups in total. The van der Waals surface area contributed by atoms with Crippen LogP contribution in [0.1, 0.15) is 35.4 Å². The molecular weight excluding hydrogens is 456 g/mol. The van der Waals surface area contributed by atoms with E-state index in [2.05, 4.69) is 33.4 Å². The van der Waals surface area contributed by atoms with Crippen molar-refractivity contribution in [2.24, 2.45) is 23.7 Å². The van der Waals surface area contributed by atoms with Gasteiger partial charge in [-0.05, 0) is 73.3 Å². The topological polar surface area (TPSA) is 66.5 Å². The van der Waals surface area contributed by atoms with Gasteiger partial charge in [0, 0.05) is 10.2 Å². The van der Waals surface area contributed by atoms with Gasteiger partial charge in [0.05, 0.1) is 11.8 Å². The molecule has 2 saturated carbocycles. The van der Waals surface area contributed by atoms with E-state index in [0.29, 0.717) is 11.6 Å². The second-order valence-electron chi connectivity index (χ2n) is 9.20. The molecule has 3 amide bonds. The molecule has 3 aliphatic rings. The number of amides is 3. The molecule has 0 spiro atoms. The largest absolute Gasteiger partial charge is 0.325 e. The van der Waals surface area contributed by atoms with E-state index in [4.69, 9.17) is 0 Å². The van der Waals surface area contributed by atoms with E-state index in [1.165, 1.54) is 10.5 Å². The van der Waals surface area contributed by atoms with Crippen molar-refractivity contribution in [3.63, 3.8) is 0 Å². The van der Waals surface area contributed by atoms with Gasteiger partial charge in [0.2, 0.25) is 17.7 Å². The maximum absolute atomic E-state index is 13.2. The Morgan fingerprint density at radius 1 is 1.03 bits per heavy atom. The fourth-order valence-electron chi connectivity index (χ4n) is 6.12. The second kappa shape index (κ2) is 7.59. The Kier molecular flexibility index (Phi) is 5.00. The molecule has 1 aliphatic heterocycles. The van der Waals surface area contributed by atoms with Crippen LogP contribution in [0.2, 0.25) is 0 Å². The maximum atomic E-state index is 13.2. The zero-order valence-corrected chi connectivity index (χ0v) is 19.2. The number of aryl methyl sites for hydroxylation is 2. The highest BCUT2D eigenvalue weighted by Crippen LogP contribution is 2.61. The normalized spacial score (nSPS) is 28.9. The maximum Gasteiger partial charge on any atom is 0.244 e. The van der Waals surface area contributed by atoms with E-state index in [0.717, 1.165) is 28.4 Å². The first-order valence-electron chi connectivity index (χ1n) is 10.8. The lowest BCUT2D eigenvalue weighted by atomic mass is 9.73. The summed E-state index contributed by atoms with van der Waals surface area (Å²) in [7, 11) is 0. The van der Waals surface area contributed by atoms with E-state index < -0.39 is 0 Å². The fraction of sp³-hybridized carbons (Fsp3) is 0.400. The molecule has 0 unspecified atom stereocenters. The molecule has 2 bridgehead atoms. The van der Waals surface area contributed by atoms with Crippen LogP contribution in [0.25, 0.3) is 0 Å². The molecule has 3 fully saturated rings. The highest BCUT2D eigenvalue weighted by Gasteiger charge is 2.63. The molecule has 1 saturated heterocycles. The average molecular weight is 481 g/mol. The molecule has 5 rings (SSSR count). The van der Waals surface area contributed by atoms with Gasteiger partial charge in [-0.15, -0.1) is 0 Å². The number of nitrogens with one attached hydrogen (secondary N) is 1. The van der Waals surface area contributed by atoms with E-state index in [-0.39, 0.29) is 47.9 Å². The first kappa shape index (κ1) is 20.4. The summed E-state index contributed by atoms with van der Waals surface area (Å²) in [5.74, 6) is -0.431. The molecule has 6 heteroatoms. The summed E-state index contributed by atoms with van der Waals surface area (Å²) in [6.45, 7) is 3.70. The van der Waals surface area contributed by atoms with Gasteiger partial charge in [-0.2, -0.15) is 0 Å². The minimum atomic E-state index is -0.338. The summed E-state index contributed by atoms with van der Waals surface area (Å²) < 4.78 is 1.01. The number of imide groups is 1. The van der Waals surface area contributed by atoms with Crippen molar-refractivity contribution >= 4 is 39.3 Å². The SMILES string of the molecule is Cc1cc(NC(=O)CN2C(=O)[C@@H]3[C@@H]4C[C@@H]([C@@H]3C2=O)[C@@H](c2ccccc2)C4)cc(C)c1Br. The van der Waals surface area contributed by atoms with Crippen molar-refractivity contribution in [2.75, 3.05) is 11.9 Å². The van der Waals surface area contributed by atoms with Crippen LogP contribution in [0, 0.1) is 37.5 Å². The highest BCUT2D eigenvalue weighted by molar-refractivity contribution is 9.10. The Morgan fingerprint density at radius 3 is 2.35 bits per heavy atom. The molecule has 0 radical (unpaired) electrons. The van der Waals surface area contributed by atoms with Crippen LogP contribution in [0.5, 0.6) is 0 Å². The van der Waals surface area contributed by atoms with Crippen LogP contribution >= 0.6 is 15.9 Å². The quantitative estimate of drug-likeness (QED) is 0.658. The number of carbonyl (C=O) groups is 3. The number of carbonyl (C=O) groups excluding carboxylic acids is 3. The van der Waals surface area contributed by atoms with Crippen LogP contribution in [-0.2, 0) is 14.4 Å². The molecule has 0 aromatic heterocycles. The Balaban J connectivity index is 1.31. The van der Waals surface area contributed by atoms with Crippen molar-refractivity contribution in [1.82, 2.24) is 4.90 Å². The number of anilines is 1. The first-order valence-corrected chi connectivity index (χ1v) is 11.6. The van der Waals surface area contributed by atoms with Crippen molar-refractivity contribution in [2.45, 2.75) is 32.6 Å².